The zero-order valence-corrected chi connectivity index (χ0v) is 14.2. The number of nitrogens with one attached hydrogen (secondary N) is 1. The maximum atomic E-state index is 12.7. The molecule has 0 aliphatic carbocycles. The summed E-state index contributed by atoms with van der Waals surface area (Å²) in [6.45, 7) is 3.44. The molecule has 0 saturated carbocycles. The van der Waals surface area contributed by atoms with Crippen molar-refractivity contribution in [2.24, 2.45) is 0 Å². The molecule has 1 saturated heterocycles. The molecule has 1 aromatic carbocycles. The third-order valence-electron chi connectivity index (χ3n) is 4.38. The molecule has 1 aliphatic rings. The lowest BCUT2D eigenvalue weighted by atomic mass is 10.0. The van der Waals surface area contributed by atoms with Gasteiger partial charge in [0.25, 0.3) is 0 Å². The van der Waals surface area contributed by atoms with Crippen LogP contribution in [0.3, 0.4) is 0 Å². The van der Waals surface area contributed by atoms with Gasteiger partial charge in [-0.1, -0.05) is 12.1 Å². The number of ether oxygens (including phenoxy) is 1. The number of aromatic nitrogens is 2. The molecule has 1 aromatic heterocycles. The highest BCUT2D eigenvalue weighted by Crippen LogP contribution is 2.33. The number of benzene rings is 1. The van der Waals surface area contributed by atoms with Crippen molar-refractivity contribution in [3.63, 3.8) is 0 Å². The van der Waals surface area contributed by atoms with Gasteiger partial charge >= 0.3 is 6.03 Å². The molecule has 1 N–H and O–H groups in total. The van der Waals surface area contributed by atoms with Gasteiger partial charge < -0.3 is 15.0 Å². The van der Waals surface area contributed by atoms with Crippen molar-refractivity contribution in [3.05, 3.63) is 48.3 Å². The van der Waals surface area contributed by atoms with Gasteiger partial charge in [-0.15, -0.1) is 0 Å². The van der Waals surface area contributed by atoms with Crippen LogP contribution < -0.4 is 10.1 Å². The highest BCUT2D eigenvalue weighted by Gasteiger charge is 2.30. The summed E-state index contributed by atoms with van der Waals surface area (Å²) >= 11 is 0. The highest BCUT2D eigenvalue weighted by atomic mass is 16.5. The Balaban J connectivity index is 1.64. The largest absolute Gasteiger partial charge is 0.497 e. The number of hydrogen-bond acceptors (Lipinski definition) is 3. The Morgan fingerprint density at radius 3 is 3.08 bits per heavy atom. The molecule has 0 radical (unpaired) electrons. The second-order valence-electron chi connectivity index (χ2n) is 6.21. The van der Waals surface area contributed by atoms with Gasteiger partial charge in [0, 0.05) is 25.0 Å². The Hall–Kier alpha value is -2.50. The molecular weight excluding hydrogens is 304 g/mol. The fourth-order valence-corrected chi connectivity index (χ4v) is 3.23. The molecule has 0 spiro atoms. The molecule has 24 heavy (non-hydrogen) atoms. The summed E-state index contributed by atoms with van der Waals surface area (Å²) in [5, 5.41) is 7.26. The zero-order chi connectivity index (χ0) is 16.9. The van der Waals surface area contributed by atoms with E-state index in [0.717, 1.165) is 30.7 Å². The molecule has 0 bridgehead atoms. The van der Waals surface area contributed by atoms with Crippen molar-refractivity contribution < 1.29 is 9.53 Å². The number of amides is 2. The van der Waals surface area contributed by atoms with Crippen LogP contribution in [0.5, 0.6) is 5.75 Å². The predicted octanol–water partition coefficient (Wildman–Crippen LogP) is 2.83. The smallest absolute Gasteiger partial charge is 0.318 e. The van der Waals surface area contributed by atoms with Crippen molar-refractivity contribution in [2.75, 3.05) is 13.7 Å². The molecule has 128 valence electrons. The number of hydrogen-bond donors (Lipinski definition) is 1. The van der Waals surface area contributed by atoms with Crippen molar-refractivity contribution in [1.82, 2.24) is 20.0 Å². The summed E-state index contributed by atoms with van der Waals surface area (Å²) < 4.78 is 7.13. The maximum Gasteiger partial charge on any atom is 0.318 e. The number of carbonyl (C=O) groups excluding carboxylic acids is 1. The number of methoxy groups -OCH3 is 1. The molecule has 1 fully saturated rings. The van der Waals surface area contributed by atoms with E-state index in [9.17, 15) is 4.79 Å². The van der Waals surface area contributed by atoms with Gasteiger partial charge in [0.2, 0.25) is 0 Å². The molecule has 2 heterocycles. The van der Waals surface area contributed by atoms with E-state index in [1.165, 1.54) is 0 Å². The lowest BCUT2D eigenvalue weighted by molar-refractivity contribution is 0.188. The first kappa shape index (κ1) is 16.4. The van der Waals surface area contributed by atoms with E-state index < -0.39 is 0 Å². The summed E-state index contributed by atoms with van der Waals surface area (Å²) in [5.41, 5.74) is 1.13. The Morgan fingerprint density at radius 1 is 1.46 bits per heavy atom. The van der Waals surface area contributed by atoms with Crippen LogP contribution in [0.15, 0.2) is 42.7 Å². The monoisotopic (exact) mass is 328 g/mol. The molecule has 1 aliphatic heterocycles. The first-order valence-corrected chi connectivity index (χ1v) is 8.36. The Kier molecular flexibility index (Phi) is 5.03. The van der Waals surface area contributed by atoms with Crippen LogP contribution in [0.4, 0.5) is 4.79 Å². The molecule has 0 unspecified atom stereocenters. The van der Waals surface area contributed by atoms with Crippen LogP contribution in [-0.2, 0) is 6.54 Å². The predicted molar refractivity (Wildman–Crippen MR) is 91.9 cm³/mol. The van der Waals surface area contributed by atoms with Crippen molar-refractivity contribution in [2.45, 2.75) is 38.4 Å². The van der Waals surface area contributed by atoms with Crippen molar-refractivity contribution >= 4 is 6.03 Å². The normalized spacial score (nSPS) is 18.4. The molecule has 6 heteroatoms. The average Bonchev–Trinajstić information content (AvgIpc) is 3.26. The van der Waals surface area contributed by atoms with Crippen LogP contribution in [0.1, 0.15) is 31.4 Å². The van der Waals surface area contributed by atoms with Crippen molar-refractivity contribution in [1.29, 1.82) is 0 Å². The number of carbonyl (C=O) groups is 1. The molecule has 3 rings (SSSR count). The molecule has 2 atom stereocenters. The summed E-state index contributed by atoms with van der Waals surface area (Å²) in [6, 6.07) is 9.97. The number of likely N-dealkylation sites (tertiary alicyclic amines) is 1. The Morgan fingerprint density at radius 2 is 2.33 bits per heavy atom. The lowest BCUT2D eigenvalue weighted by Gasteiger charge is -2.27. The van der Waals surface area contributed by atoms with E-state index in [0.29, 0.717) is 6.54 Å². The molecular formula is C18H24N4O2. The second-order valence-corrected chi connectivity index (χ2v) is 6.21. The lowest BCUT2D eigenvalue weighted by Crippen LogP contribution is -2.44. The fraction of sp³-hybridized carbons (Fsp3) is 0.444. The van der Waals surface area contributed by atoms with Crippen LogP contribution in [0.25, 0.3) is 0 Å². The highest BCUT2D eigenvalue weighted by molar-refractivity contribution is 5.75. The Labute approximate surface area is 142 Å². The summed E-state index contributed by atoms with van der Waals surface area (Å²) in [7, 11) is 1.66. The van der Waals surface area contributed by atoms with E-state index in [-0.39, 0.29) is 18.1 Å². The van der Waals surface area contributed by atoms with Crippen LogP contribution in [-0.4, -0.2) is 40.4 Å². The third kappa shape index (κ3) is 3.69. The second kappa shape index (κ2) is 7.38. The van der Waals surface area contributed by atoms with Gasteiger partial charge in [0.15, 0.2) is 0 Å². The fourth-order valence-electron chi connectivity index (χ4n) is 3.23. The minimum Gasteiger partial charge on any atom is -0.497 e. The average molecular weight is 328 g/mol. The van der Waals surface area contributed by atoms with Gasteiger partial charge in [-0.3, -0.25) is 4.68 Å². The molecule has 2 amide bonds. The minimum absolute atomic E-state index is 0.0139. The standard InChI is InChI=1S/C18H24N4O2/c1-14(13-21-10-5-9-19-21)20-18(23)22-11-4-8-17(22)15-6-3-7-16(12-15)24-2/h3,5-7,9-10,12,14,17H,4,8,11,13H2,1-2H3,(H,20,23)/t14-,17+/m1/s1. The molecule has 6 nitrogen and oxygen atoms in total. The Bertz CT molecular complexity index is 671. The van der Waals surface area contributed by atoms with E-state index >= 15 is 0 Å². The van der Waals surface area contributed by atoms with Gasteiger partial charge in [0.1, 0.15) is 5.75 Å². The maximum absolute atomic E-state index is 12.7. The summed E-state index contributed by atoms with van der Waals surface area (Å²) in [4.78, 5) is 14.6. The minimum atomic E-state index is -0.0139. The summed E-state index contributed by atoms with van der Waals surface area (Å²) in [5.74, 6) is 0.826. The van der Waals surface area contributed by atoms with Crippen molar-refractivity contribution in [3.8, 4) is 5.75 Å². The number of rotatable bonds is 5. The van der Waals surface area contributed by atoms with E-state index in [1.807, 2.05) is 47.0 Å². The van der Waals surface area contributed by atoms with Gasteiger partial charge in [-0.25, -0.2) is 4.79 Å². The zero-order valence-electron chi connectivity index (χ0n) is 14.2. The first-order valence-electron chi connectivity index (χ1n) is 8.36. The van der Waals surface area contributed by atoms with Gasteiger partial charge in [-0.05, 0) is 43.5 Å². The van der Waals surface area contributed by atoms with E-state index in [2.05, 4.69) is 16.5 Å². The van der Waals surface area contributed by atoms with Crippen LogP contribution >= 0.6 is 0 Å². The SMILES string of the molecule is COc1cccc([C@@H]2CCCN2C(=O)N[C@H](C)Cn2cccn2)c1. The van der Waals surface area contributed by atoms with Crippen LogP contribution in [0, 0.1) is 0 Å². The van der Waals surface area contributed by atoms with E-state index in [4.69, 9.17) is 4.74 Å². The van der Waals surface area contributed by atoms with Gasteiger partial charge in [0.05, 0.1) is 19.7 Å². The first-order chi connectivity index (χ1) is 11.7. The topological polar surface area (TPSA) is 59.4 Å². The third-order valence-corrected chi connectivity index (χ3v) is 4.38. The number of urea groups is 1. The number of nitrogens with zero attached hydrogens (tertiary/aromatic N) is 3. The van der Waals surface area contributed by atoms with Crippen LogP contribution in [0.2, 0.25) is 0 Å². The quantitative estimate of drug-likeness (QED) is 0.918. The van der Waals surface area contributed by atoms with E-state index in [1.54, 1.807) is 13.3 Å². The summed E-state index contributed by atoms with van der Waals surface area (Å²) in [6.07, 6.45) is 5.64. The van der Waals surface area contributed by atoms with Gasteiger partial charge in [-0.2, -0.15) is 5.10 Å². The molecule has 2 aromatic rings.